The fourth-order valence-electron chi connectivity index (χ4n) is 4.68. The number of hydrogen-bond donors (Lipinski definition) is 3. The van der Waals surface area contributed by atoms with Crippen LogP contribution in [0.4, 0.5) is 11.4 Å². The number of nitrogens with one attached hydrogen (secondary N) is 2. The van der Waals surface area contributed by atoms with Crippen LogP contribution in [-0.4, -0.2) is 30.6 Å². The lowest BCUT2D eigenvalue weighted by Gasteiger charge is -2.19. The highest BCUT2D eigenvalue weighted by atomic mass is 35.5. The van der Waals surface area contributed by atoms with E-state index in [-0.39, 0.29) is 0 Å². The molecular weight excluding hydrogens is 512 g/mol. The third kappa shape index (κ3) is 6.80. The minimum absolute atomic E-state index is 0.307. The Morgan fingerprint density at radius 2 is 1.74 bits per heavy atom. The number of aromatic nitrogens is 1. The van der Waals surface area contributed by atoms with Gasteiger partial charge >= 0.3 is 0 Å². The normalized spacial score (nSPS) is 11.0. The molecule has 39 heavy (non-hydrogen) atoms. The SMILES string of the molecule is CCOc1cc2ncc(C(N)=O)c(Nc3cccc(CNCCc4cccc(Cl)c4)c3CC)c2cc1OCC. The van der Waals surface area contributed by atoms with Crippen molar-refractivity contribution in [3.63, 3.8) is 0 Å². The maximum Gasteiger partial charge on any atom is 0.252 e. The molecule has 0 spiro atoms. The van der Waals surface area contributed by atoms with Crippen molar-refractivity contribution >= 4 is 39.8 Å². The second-order valence-corrected chi connectivity index (χ2v) is 9.51. The van der Waals surface area contributed by atoms with Gasteiger partial charge in [0.25, 0.3) is 5.91 Å². The van der Waals surface area contributed by atoms with Crippen LogP contribution >= 0.6 is 11.6 Å². The zero-order valence-corrected chi connectivity index (χ0v) is 23.4. The molecule has 3 aromatic carbocycles. The van der Waals surface area contributed by atoms with Gasteiger partial charge < -0.3 is 25.8 Å². The Morgan fingerprint density at radius 3 is 2.44 bits per heavy atom. The van der Waals surface area contributed by atoms with Crippen LogP contribution in [-0.2, 0) is 19.4 Å². The molecule has 1 aromatic heterocycles. The molecule has 0 saturated heterocycles. The maximum absolute atomic E-state index is 12.4. The summed E-state index contributed by atoms with van der Waals surface area (Å²) >= 11 is 6.12. The second kappa shape index (κ2) is 13.3. The van der Waals surface area contributed by atoms with Crippen molar-refractivity contribution in [3.05, 3.63) is 88.1 Å². The van der Waals surface area contributed by atoms with Gasteiger partial charge in [-0.1, -0.05) is 42.8 Å². The zero-order chi connectivity index (χ0) is 27.8. The first kappa shape index (κ1) is 28.2. The first-order chi connectivity index (χ1) is 18.9. The van der Waals surface area contributed by atoms with Crippen LogP contribution in [0.15, 0.2) is 60.8 Å². The van der Waals surface area contributed by atoms with Gasteiger partial charge in [-0.05, 0) is 74.2 Å². The number of hydrogen-bond acceptors (Lipinski definition) is 6. The van der Waals surface area contributed by atoms with Gasteiger partial charge in [-0.2, -0.15) is 0 Å². The summed E-state index contributed by atoms with van der Waals surface area (Å²) in [6, 6.07) is 17.8. The summed E-state index contributed by atoms with van der Waals surface area (Å²) in [7, 11) is 0. The molecule has 0 fully saturated rings. The van der Waals surface area contributed by atoms with Gasteiger partial charge in [-0.3, -0.25) is 9.78 Å². The molecule has 204 valence electrons. The molecule has 4 rings (SSSR count). The zero-order valence-electron chi connectivity index (χ0n) is 22.6. The lowest BCUT2D eigenvalue weighted by Crippen LogP contribution is -2.18. The van der Waals surface area contributed by atoms with E-state index in [0.717, 1.165) is 41.0 Å². The van der Waals surface area contributed by atoms with Crippen molar-refractivity contribution in [2.45, 2.75) is 40.2 Å². The number of nitrogens with zero attached hydrogens (tertiary/aromatic N) is 1. The fraction of sp³-hybridized carbons (Fsp3) is 0.290. The van der Waals surface area contributed by atoms with Gasteiger partial charge in [0.1, 0.15) is 0 Å². The Balaban J connectivity index is 1.64. The van der Waals surface area contributed by atoms with E-state index in [0.29, 0.717) is 48.0 Å². The standard InChI is InChI=1S/C31H35ClN4O3/c1-4-23-21(18-34-14-13-20-9-7-11-22(32)15-20)10-8-12-26(23)36-30-24-16-28(38-5-2)29(39-6-3)17-27(24)35-19-25(30)31(33)37/h7-12,15-17,19,34H,4-6,13-14,18H2,1-3H3,(H2,33,37)(H,35,36). The van der Waals surface area contributed by atoms with E-state index >= 15 is 0 Å². The van der Waals surface area contributed by atoms with E-state index in [2.05, 4.69) is 34.7 Å². The van der Waals surface area contributed by atoms with E-state index in [1.165, 1.54) is 17.3 Å². The third-order valence-electron chi connectivity index (χ3n) is 6.48. The van der Waals surface area contributed by atoms with E-state index < -0.39 is 5.91 Å². The molecule has 1 heterocycles. The van der Waals surface area contributed by atoms with Crippen LogP contribution in [0.5, 0.6) is 11.5 Å². The Morgan fingerprint density at radius 1 is 1.00 bits per heavy atom. The predicted molar refractivity (Wildman–Crippen MR) is 159 cm³/mol. The maximum atomic E-state index is 12.4. The van der Waals surface area contributed by atoms with Gasteiger partial charge in [-0.25, -0.2) is 0 Å². The number of nitrogens with two attached hydrogens (primary N) is 1. The highest BCUT2D eigenvalue weighted by molar-refractivity contribution is 6.30. The number of benzene rings is 3. The summed E-state index contributed by atoms with van der Waals surface area (Å²) in [6.07, 6.45) is 3.20. The van der Waals surface area contributed by atoms with E-state index in [4.69, 9.17) is 26.8 Å². The van der Waals surface area contributed by atoms with Gasteiger partial charge in [0.05, 0.1) is 30.0 Å². The largest absolute Gasteiger partial charge is 0.490 e. The van der Waals surface area contributed by atoms with E-state index in [1.54, 1.807) is 0 Å². The molecule has 0 aliphatic rings. The predicted octanol–water partition coefficient (Wildman–Crippen LogP) is 6.42. The number of anilines is 2. The Kier molecular flexibility index (Phi) is 9.63. The van der Waals surface area contributed by atoms with Gasteiger partial charge in [-0.15, -0.1) is 0 Å². The molecule has 0 aliphatic heterocycles. The average Bonchev–Trinajstić information content (AvgIpc) is 2.92. The minimum Gasteiger partial charge on any atom is -0.490 e. The molecule has 0 bridgehead atoms. The van der Waals surface area contributed by atoms with Crippen molar-refractivity contribution in [2.75, 3.05) is 25.1 Å². The minimum atomic E-state index is -0.560. The number of primary amides is 1. The Labute approximate surface area is 234 Å². The van der Waals surface area contributed by atoms with Crippen molar-refractivity contribution in [3.8, 4) is 11.5 Å². The molecule has 4 N–H and O–H groups in total. The lowest BCUT2D eigenvalue weighted by atomic mass is 10.0. The lowest BCUT2D eigenvalue weighted by molar-refractivity contribution is 0.100. The van der Waals surface area contributed by atoms with Crippen LogP contribution in [0.25, 0.3) is 10.9 Å². The number of fused-ring (bicyclic) bond motifs is 1. The molecule has 0 atom stereocenters. The van der Waals surface area contributed by atoms with Gasteiger partial charge in [0, 0.05) is 34.9 Å². The van der Waals surface area contributed by atoms with Crippen LogP contribution in [0.1, 0.15) is 47.8 Å². The van der Waals surface area contributed by atoms with Crippen LogP contribution in [0.2, 0.25) is 5.02 Å². The number of amides is 1. The first-order valence-corrected chi connectivity index (χ1v) is 13.7. The van der Waals surface area contributed by atoms with Crippen LogP contribution in [0, 0.1) is 0 Å². The first-order valence-electron chi connectivity index (χ1n) is 13.3. The second-order valence-electron chi connectivity index (χ2n) is 9.07. The van der Waals surface area contributed by atoms with E-state index in [9.17, 15) is 4.79 Å². The average molecular weight is 547 g/mol. The highest BCUT2D eigenvalue weighted by Crippen LogP contribution is 2.38. The fourth-order valence-corrected chi connectivity index (χ4v) is 4.89. The molecule has 0 unspecified atom stereocenters. The molecule has 8 heteroatoms. The summed E-state index contributed by atoms with van der Waals surface area (Å²) in [4.78, 5) is 16.9. The van der Waals surface area contributed by atoms with Gasteiger partial charge in [0.15, 0.2) is 11.5 Å². The smallest absolute Gasteiger partial charge is 0.252 e. The van der Waals surface area contributed by atoms with E-state index in [1.807, 2.05) is 56.3 Å². The Hall–Kier alpha value is -3.81. The third-order valence-corrected chi connectivity index (χ3v) is 6.71. The quantitative estimate of drug-likeness (QED) is 0.167. The summed E-state index contributed by atoms with van der Waals surface area (Å²) in [6.45, 7) is 8.47. The summed E-state index contributed by atoms with van der Waals surface area (Å²) < 4.78 is 11.6. The number of ether oxygens (including phenoxy) is 2. The molecule has 0 aliphatic carbocycles. The molecule has 0 saturated carbocycles. The topological polar surface area (TPSA) is 98.5 Å². The molecule has 0 radical (unpaired) electrons. The summed E-state index contributed by atoms with van der Waals surface area (Å²) in [5.41, 5.74) is 11.8. The van der Waals surface area contributed by atoms with Crippen LogP contribution in [0.3, 0.4) is 0 Å². The van der Waals surface area contributed by atoms with Crippen molar-refractivity contribution in [2.24, 2.45) is 5.73 Å². The number of rotatable bonds is 13. The van der Waals surface area contributed by atoms with Crippen molar-refractivity contribution in [1.82, 2.24) is 10.3 Å². The summed E-state index contributed by atoms with van der Waals surface area (Å²) in [5.74, 6) is 0.638. The molecular formula is C31H35ClN4O3. The van der Waals surface area contributed by atoms with Crippen molar-refractivity contribution < 1.29 is 14.3 Å². The van der Waals surface area contributed by atoms with Gasteiger partial charge in [0.2, 0.25) is 0 Å². The molecule has 4 aromatic rings. The number of carbonyl (C=O) groups is 1. The molecule has 1 amide bonds. The number of halogens is 1. The Bertz CT molecular complexity index is 1460. The van der Waals surface area contributed by atoms with Crippen LogP contribution < -0.4 is 25.8 Å². The van der Waals surface area contributed by atoms with Crippen molar-refractivity contribution in [1.29, 1.82) is 0 Å². The monoisotopic (exact) mass is 546 g/mol. The number of carbonyl (C=O) groups excluding carboxylic acids is 1. The number of pyridine rings is 1. The summed E-state index contributed by atoms with van der Waals surface area (Å²) in [5, 5.41) is 8.55. The molecule has 7 nitrogen and oxygen atoms in total. The highest BCUT2D eigenvalue weighted by Gasteiger charge is 2.18.